The molecule has 0 fully saturated rings. The number of nitrogens with one attached hydrogen (secondary N) is 4. The molecule has 0 aliphatic carbocycles. The number of rotatable bonds is 5. The summed E-state index contributed by atoms with van der Waals surface area (Å²) >= 11 is 0. The molecule has 0 radical (unpaired) electrons. The average molecular weight is 374 g/mol. The van der Waals surface area contributed by atoms with Gasteiger partial charge in [0.1, 0.15) is 6.54 Å². The third kappa shape index (κ3) is 8.90. The molecule has 26 heavy (non-hydrogen) atoms. The Morgan fingerprint density at radius 2 is 1.54 bits per heavy atom. The molecule has 1 aromatic carbocycles. The van der Waals surface area contributed by atoms with Crippen molar-refractivity contribution in [1.82, 2.24) is 16.0 Å². The predicted molar refractivity (Wildman–Crippen MR) is 89.7 cm³/mol. The minimum Gasteiger partial charge on any atom is -0.347 e. The van der Waals surface area contributed by atoms with Crippen molar-refractivity contribution in [3.8, 4) is 0 Å². The summed E-state index contributed by atoms with van der Waals surface area (Å²) in [6, 6.07) is 5.22. The molecule has 144 valence electrons. The highest BCUT2D eigenvalue weighted by Gasteiger charge is 2.27. The van der Waals surface area contributed by atoms with Gasteiger partial charge in [0.25, 0.3) is 5.91 Å². The van der Waals surface area contributed by atoms with Crippen molar-refractivity contribution in [1.29, 1.82) is 0 Å². The molecule has 0 spiro atoms. The second-order valence-corrected chi connectivity index (χ2v) is 6.48. The van der Waals surface area contributed by atoms with Gasteiger partial charge in [-0.25, -0.2) is 4.79 Å². The van der Waals surface area contributed by atoms with Crippen molar-refractivity contribution in [2.24, 2.45) is 0 Å². The van der Waals surface area contributed by atoms with Crippen LogP contribution in [0.25, 0.3) is 0 Å². The van der Waals surface area contributed by atoms with Gasteiger partial charge in [0, 0.05) is 16.8 Å². The summed E-state index contributed by atoms with van der Waals surface area (Å²) in [7, 11) is 0. The van der Waals surface area contributed by atoms with E-state index in [1.807, 2.05) is 20.8 Å². The first-order chi connectivity index (χ1) is 11.9. The van der Waals surface area contributed by atoms with Crippen LogP contribution in [0.2, 0.25) is 0 Å². The van der Waals surface area contributed by atoms with Crippen LogP contribution in [0.1, 0.15) is 31.1 Å². The molecule has 0 heterocycles. The normalized spacial score (nSPS) is 11.5. The Bertz CT molecular complexity index is 652. The zero-order valence-electron chi connectivity index (χ0n) is 14.6. The fourth-order valence-electron chi connectivity index (χ4n) is 1.71. The highest BCUT2D eigenvalue weighted by Crippen LogP contribution is 2.12. The number of hydrogen-bond acceptors (Lipinski definition) is 3. The Labute approximate surface area is 148 Å². The molecule has 0 aromatic heterocycles. The number of benzene rings is 1. The van der Waals surface area contributed by atoms with Gasteiger partial charge in [-0.2, -0.15) is 13.2 Å². The number of alkyl halides is 3. The molecule has 4 amide bonds. The maximum absolute atomic E-state index is 12.0. The van der Waals surface area contributed by atoms with Crippen LogP contribution in [0, 0.1) is 0 Å². The van der Waals surface area contributed by atoms with Gasteiger partial charge in [0.15, 0.2) is 0 Å². The topological polar surface area (TPSA) is 99.3 Å². The highest BCUT2D eigenvalue weighted by molar-refractivity contribution is 5.96. The first kappa shape index (κ1) is 21.3. The fraction of sp³-hybridized carbons (Fsp3) is 0.438. The largest absolute Gasteiger partial charge is 0.405 e. The molecule has 0 atom stereocenters. The molecule has 10 heteroatoms. The smallest absolute Gasteiger partial charge is 0.347 e. The lowest BCUT2D eigenvalue weighted by atomic mass is 10.1. The van der Waals surface area contributed by atoms with Gasteiger partial charge in [-0.15, -0.1) is 0 Å². The van der Waals surface area contributed by atoms with E-state index in [2.05, 4.69) is 16.0 Å². The van der Waals surface area contributed by atoms with E-state index < -0.39 is 31.2 Å². The molecule has 0 saturated heterocycles. The predicted octanol–water partition coefficient (Wildman–Crippen LogP) is 2.01. The summed E-state index contributed by atoms with van der Waals surface area (Å²) in [5.74, 6) is -1.23. The Hall–Kier alpha value is -2.78. The van der Waals surface area contributed by atoms with E-state index in [0.29, 0.717) is 11.3 Å². The third-order valence-corrected chi connectivity index (χ3v) is 2.79. The fourth-order valence-corrected chi connectivity index (χ4v) is 1.71. The van der Waals surface area contributed by atoms with Crippen LogP contribution in [0.15, 0.2) is 24.3 Å². The molecule has 7 nitrogen and oxygen atoms in total. The van der Waals surface area contributed by atoms with Crippen LogP contribution in [-0.4, -0.2) is 42.7 Å². The van der Waals surface area contributed by atoms with Crippen molar-refractivity contribution < 1.29 is 27.6 Å². The minimum absolute atomic E-state index is 0.269. The van der Waals surface area contributed by atoms with E-state index in [-0.39, 0.29) is 11.4 Å². The second kappa shape index (κ2) is 8.54. The molecule has 4 N–H and O–H groups in total. The SMILES string of the molecule is CC(C)(C)NC(=O)c1ccc(NC(=O)NCC(=O)NCC(F)(F)F)cc1. The van der Waals surface area contributed by atoms with Crippen LogP contribution in [0.4, 0.5) is 23.7 Å². The van der Waals surface area contributed by atoms with Crippen LogP contribution < -0.4 is 21.3 Å². The first-order valence-electron chi connectivity index (χ1n) is 7.66. The lowest BCUT2D eigenvalue weighted by molar-refractivity contribution is -0.137. The molecule has 0 aliphatic rings. The Kier molecular flexibility index (Phi) is 6.99. The van der Waals surface area contributed by atoms with Gasteiger partial charge < -0.3 is 21.3 Å². The average Bonchev–Trinajstić information content (AvgIpc) is 2.49. The lowest BCUT2D eigenvalue weighted by Gasteiger charge is -2.20. The van der Waals surface area contributed by atoms with Crippen molar-refractivity contribution in [3.63, 3.8) is 0 Å². The van der Waals surface area contributed by atoms with E-state index in [9.17, 15) is 27.6 Å². The summed E-state index contributed by atoms with van der Waals surface area (Å²) in [6.07, 6.45) is -4.51. The maximum atomic E-state index is 12.0. The number of amides is 4. The molecule has 0 bridgehead atoms. The highest BCUT2D eigenvalue weighted by atomic mass is 19.4. The third-order valence-electron chi connectivity index (χ3n) is 2.79. The van der Waals surface area contributed by atoms with E-state index in [1.165, 1.54) is 24.3 Å². The molecule has 1 rings (SSSR count). The van der Waals surface area contributed by atoms with E-state index in [4.69, 9.17) is 0 Å². The van der Waals surface area contributed by atoms with E-state index in [1.54, 1.807) is 5.32 Å². The molecule has 0 unspecified atom stereocenters. The number of hydrogen-bond donors (Lipinski definition) is 4. The van der Waals surface area contributed by atoms with Crippen molar-refractivity contribution in [2.45, 2.75) is 32.5 Å². The quantitative estimate of drug-likeness (QED) is 0.634. The lowest BCUT2D eigenvalue weighted by Crippen LogP contribution is -2.42. The summed E-state index contributed by atoms with van der Waals surface area (Å²) in [5.41, 5.74) is 0.364. The number of urea groups is 1. The number of anilines is 1. The second-order valence-electron chi connectivity index (χ2n) is 6.48. The van der Waals surface area contributed by atoms with Crippen molar-refractivity contribution >= 4 is 23.5 Å². The summed E-state index contributed by atoms with van der Waals surface area (Å²) in [4.78, 5) is 34.8. The zero-order valence-corrected chi connectivity index (χ0v) is 14.6. The van der Waals surface area contributed by atoms with Gasteiger partial charge >= 0.3 is 12.2 Å². The number of carbonyl (C=O) groups is 3. The monoisotopic (exact) mass is 374 g/mol. The minimum atomic E-state index is -4.51. The number of carbonyl (C=O) groups excluding carboxylic acids is 3. The molecule has 1 aromatic rings. The molecular weight excluding hydrogens is 353 g/mol. The van der Waals surface area contributed by atoms with E-state index in [0.717, 1.165) is 0 Å². The van der Waals surface area contributed by atoms with E-state index >= 15 is 0 Å². The summed E-state index contributed by atoms with van der Waals surface area (Å²) in [5, 5.41) is 8.94. The summed E-state index contributed by atoms with van der Waals surface area (Å²) < 4.78 is 35.8. The molecular formula is C16H21F3N4O3. The van der Waals surface area contributed by atoms with Gasteiger partial charge in [0.2, 0.25) is 5.91 Å². The summed E-state index contributed by atoms with van der Waals surface area (Å²) in [6.45, 7) is 3.46. The Morgan fingerprint density at radius 3 is 2.04 bits per heavy atom. The molecule has 0 saturated carbocycles. The van der Waals surface area contributed by atoms with Crippen molar-refractivity contribution in [3.05, 3.63) is 29.8 Å². The molecule has 0 aliphatic heterocycles. The Morgan fingerprint density at radius 1 is 0.962 bits per heavy atom. The zero-order chi connectivity index (χ0) is 20.0. The Balaban J connectivity index is 2.45. The van der Waals surface area contributed by atoms with Gasteiger partial charge in [0.05, 0.1) is 6.54 Å². The van der Waals surface area contributed by atoms with Crippen LogP contribution in [0.3, 0.4) is 0 Å². The van der Waals surface area contributed by atoms with Gasteiger partial charge in [-0.05, 0) is 45.0 Å². The van der Waals surface area contributed by atoms with Crippen LogP contribution in [-0.2, 0) is 4.79 Å². The first-order valence-corrected chi connectivity index (χ1v) is 7.66. The van der Waals surface area contributed by atoms with Gasteiger partial charge in [-0.3, -0.25) is 9.59 Å². The van der Waals surface area contributed by atoms with Crippen LogP contribution in [0.5, 0.6) is 0 Å². The van der Waals surface area contributed by atoms with Gasteiger partial charge in [-0.1, -0.05) is 0 Å². The standard InChI is InChI=1S/C16H21F3N4O3/c1-15(2,3)23-13(25)10-4-6-11(7-5-10)22-14(26)20-8-12(24)21-9-16(17,18)19/h4-7H,8-9H2,1-3H3,(H,21,24)(H,23,25)(H2,20,22,26). The van der Waals surface area contributed by atoms with Crippen LogP contribution >= 0.6 is 0 Å². The number of halogens is 3. The maximum Gasteiger partial charge on any atom is 0.405 e. The van der Waals surface area contributed by atoms with Crippen molar-refractivity contribution in [2.75, 3.05) is 18.4 Å².